The van der Waals surface area contributed by atoms with Gasteiger partial charge in [0.1, 0.15) is 5.60 Å². The lowest BCUT2D eigenvalue weighted by molar-refractivity contribution is -0.121. The first-order valence-electron chi connectivity index (χ1n) is 13.7. The van der Waals surface area contributed by atoms with Crippen molar-refractivity contribution in [3.05, 3.63) is 0 Å². The number of aliphatic hydroxyl groups is 4. The van der Waals surface area contributed by atoms with E-state index in [1.807, 2.05) is 0 Å². The fourth-order valence-electron chi connectivity index (χ4n) is 9.92. The molecule has 5 heteroatoms. The maximum absolute atomic E-state index is 11.2. The molecule has 5 aliphatic rings. The van der Waals surface area contributed by atoms with E-state index in [0.29, 0.717) is 36.2 Å². The highest BCUT2D eigenvalue weighted by Crippen LogP contribution is 2.74. The van der Waals surface area contributed by atoms with Crippen LogP contribution in [-0.2, 0) is 4.74 Å². The molecule has 0 amide bonds. The van der Waals surface area contributed by atoms with Crippen molar-refractivity contribution in [2.24, 2.45) is 46.3 Å². The normalized spacial score (nSPS) is 51.5. The molecule has 12 atom stereocenters. The van der Waals surface area contributed by atoms with E-state index >= 15 is 0 Å². The van der Waals surface area contributed by atoms with Crippen LogP contribution in [0, 0.1) is 46.3 Å². The van der Waals surface area contributed by atoms with E-state index in [2.05, 4.69) is 20.8 Å². The van der Waals surface area contributed by atoms with Crippen molar-refractivity contribution < 1.29 is 25.2 Å². The van der Waals surface area contributed by atoms with Crippen LogP contribution in [0.5, 0.6) is 0 Å². The van der Waals surface area contributed by atoms with Crippen molar-refractivity contribution in [2.75, 3.05) is 6.61 Å². The van der Waals surface area contributed by atoms with Crippen LogP contribution in [0.15, 0.2) is 0 Å². The number of hydrogen-bond acceptors (Lipinski definition) is 5. The molecule has 4 N–H and O–H groups in total. The summed E-state index contributed by atoms with van der Waals surface area (Å²) in [6.45, 7) is 10.5. The maximum atomic E-state index is 11.2. The highest BCUT2D eigenvalue weighted by Gasteiger charge is 2.76. The van der Waals surface area contributed by atoms with Gasteiger partial charge in [-0.2, -0.15) is 0 Å². The molecule has 5 rings (SSSR count). The molecular weight excluding hydrogens is 416 g/mol. The van der Waals surface area contributed by atoms with E-state index in [1.54, 1.807) is 13.8 Å². The lowest BCUT2D eigenvalue weighted by Crippen LogP contribution is -2.58. The fourth-order valence-corrected chi connectivity index (χ4v) is 9.92. The molecule has 190 valence electrons. The average molecular weight is 465 g/mol. The predicted octanol–water partition coefficient (Wildman–Crippen LogP) is 3.90. The Labute approximate surface area is 200 Å². The molecule has 5 nitrogen and oxygen atoms in total. The van der Waals surface area contributed by atoms with Gasteiger partial charge in [0, 0.05) is 24.4 Å². The molecule has 1 spiro atoms. The van der Waals surface area contributed by atoms with Crippen molar-refractivity contribution in [3.8, 4) is 0 Å². The minimum absolute atomic E-state index is 0.0581. The Kier molecular flexibility index (Phi) is 5.86. The molecule has 10 unspecified atom stereocenters. The SMILES string of the molecule is CC(C(O)CC(CO)C(C)(C)O)C1CCC2C3C[C@H]4O[C@]45CC(O)CCC5(C)C3CCC12C. The third-order valence-electron chi connectivity index (χ3n) is 12.1. The highest BCUT2D eigenvalue weighted by atomic mass is 16.6. The van der Waals surface area contributed by atoms with E-state index in [1.165, 1.54) is 25.7 Å². The van der Waals surface area contributed by atoms with Gasteiger partial charge < -0.3 is 25.2 Å². The van der Waals surface area contributed by atoms with E-state index in [-0.39, 0.29) is 41.0 Å². The topological polar surface area (TPSA) is 93.5 Å². The van der Waals surface area contributed by atoms with Gasteiger partial charge >= 0.3 is 0 Å². The molecule has 1 saturated heterocycles. The Balaban J connectivity index is 1.33. The minimum atomic E-state index is -0.989. The Bertz CT molecular complexity index is 749. The van der Waals surface area contributed by atoms with Gasteiger partial charge in [-0.3, -0.25) is 0 Å². The van der Waals surface area contributed by atoms with Crippen LogP contribution in [0.4, 0.5) is 0 Å². The first-order valence-corrected chi connectivity index (χ1v) is 13.7. The lowest BCUT2D eigenvalue weighted by atomic mass is 9.44. The van der Waals surface area contributed by atoms with E-state index in [0.717, 1.165) is 25.7 Å². The molecule has 33 heavy (non-hydrogen) atoms. The van der Waals surface area contributed by atoms with Gasteiger partial charge in [-0.25, -0.2) is 0 Å². The molecule has 0 aromatic heterocycles. The van der Waals surface area contributed by atoms with E-state index in [9.17, 15) is 20.4 Å². The zero-order valence-corrected chi connectivity index (χ0v) is 21.5. The molecule has 0 aromatic carbocycles. The van der Waals surface area contributed by atoms with Crippen molar-refractivity contribution in [3.63, 3.8) is 0 Å². The monoisotopic (exact) mass is 464 g/mol. The van der Waals surface area contributed by atoms with Gasteiger partial charge in [0.15, 0.2) is 0 Å². The highest BCUT2D eigenvalue weighted by molar-refractivity contribution is 5.24. The van der Waals surface area contributed by atoms with Crippen LogP contribution in [0.2, 0.25) is 0 Å². The number of rotatable bonds is 6. The van der Waals surface area contributed by atoms with E-state index < -0.39 is 11.7 Å². The standard InChI is InChI=1S/C28H48O5/c1-16(23(31)12-17(15-29)25(2,3)32)20-6-7-21-19-13-24-28(33-24)14-18(30)8-11-27(28,5)22(19)9-10-26(20,21)4/h16-24,29-32H,6-15H2,1-5H3/t16?,17?,18?,19?,20?,21?,22?,23?,24-,26?,27?,28-/m1/s1. The van der Waals surface area contributed by atoms with Gasteiger partial charge in [0.05, 0.1) is 23.9 Å². The first-order chi connectivity index (χ1) is 15.4. The largest absolute Gasteiger partial charge is 0.396 e. The molecule has 4 saturated carbocycles. The third kappa shape index (κ3) is 3.50. The van der Waals surface area contributed by atoms with Gasteiger partial charge in [-0.15, -0.1) is 0 Å². The Morgan fingerprint density at radius 3 is 2.45 bits per heavy atom. The number of ether oxygens (including phenoxy) is 1. The number of fused-ring (bicyclic) bond motifs is 4. The fraction of sp³-hybridized carbons (Fsp3) is 1.00. The minimum Gasteiger partial charge on any atom is -0.396 e. The summed E-state index contributed by atoms with van der Waals surface area (Å²) in [4.78, 5) is 0. The molecule has 4 aliphatic carbocycles. The van der Waals surface area contributed by atoms with Crippen LogP contribution in [0.3, 0.4) is 0 Å². The summed E-state index contributed by atoms with van der Waals surface area (Å²) >= 11 is 0. The lowest BCUT2D eigenvalue weighted by Gasteiger charge is -2.59. The van der Waals surface area contributed by atoms with Crippen molar-refractivity contribution in [1.29, 1.82) is 0 Å². The quantitative estimate of drug-likeness (QED) is 0.447. The molecule has 0 bridgehead atoms. The maximum Gasteiger partial charge on any atom is 0.103 e. The third-order valence-corrected chi connectivity index (χ3v) is 12.1. The van der Waals surface area contributed by atoms with Gasteiger partial charge in [-0.05, 0) is 100 Å². The molecule has 5 fully saturated rings. The van der Waals surface area contributed by atoms with Crippen LogP contribution in [-0.4, -0.2) is 56.5 Å². The number of hydrogen-bond donors (Lipinski definition) is 4. The smallest absolute Gasteiger partial charge is 0.103 e. The summed E-state index contributed by atoms with van der Waals surface area (Å²) in [6.07, 6.45) is 8.94. The van der Waals surface area contributed by atoms with Crippen LogP contribution < -0.4 is 0 Å². The van der Waals surface area contributed by atoms with Gasteiger partial charge in [0.25, 0.3) is 0 Å². The zero-order valence-electron chi connectivity index (χ0n) is 21.5. The molecule has 1 aliphatic heterocycles. The molecular formula is C28H48O5. The van der Waals surface area contributed by atoms with E-state index in [4.69, 9.17) is 4.74 Å². The van der Waals surface area contributed by atoms with Crippen LogP contribution >= 0.6 is 0 Å². The summed E-state index contributed by atoms with van der Waals surface area (Å²) in [6, 6.07) is 0. The predicted molar refractivity (Wildman–Crippen MR) is 127 cm³/mol. The summed E-state index contributed by atoms with van der Waals surface area (Å²) < 4.78 is 6.47. The van der Waals surface area contributed by atoms with Crippen LogP contribution in [0.25, 0.3) is 0 Å². The van der Waals surface area contributed by atoms with Gasteiger partial charge in [-0.1, -0.05) is 20.8 Å². The van der Waals surface area contributed by atoms with Crippen molar-refractivity contribution in [2.45, 2.75) is 122 Å². The Morgan fingerprint density at radius 2 is 1.79 bits per heavy atom. The Hall–Kier alpha value is -0.200. The number of epoxide rings is 1. The summed E-state index contributed by atoms with van der Waals surface area (Å²) in [5.41, 5.74) is -0.606. The molecule has 0 aromatic rings. The number of aliphatic hydroxyl groups excluding tert-OH is 3. The second kappa shape index (κ2) is 7.90. The second-order valence-electron chi connectivity index (χ2n) is 13.8. The van der Waals surface area contributed by atoms with Crippen molar-refractivity contribution in [1.82, 2.24) is 0 Å². The molecule has 0 radical (unpaired) electrons. The zero-order chi connectivity index (χ0) is 24.0. The first kappa shape index (κ1) is 24.5. The van der Waals surface area contributed by atoms with Gasteiger partial charge in [0.2, 0.25) is 0 Å². The summed E-state index contributed by atoms with van der Waals surface area (Å²) in [5.74, 6) is 2.40. The Morgan fingerprint density at radius 1 is 1.06 bits per heavy atom. The molecule has 1 heterocycles. The van der Waals surface area contributed by atoms with Crippen molar-refractivity contribution >= 4 is 0 Å². The van der Waals surface area contributed by atoms with Crippen LogP contribution in [0.1, 0.15) is 92.4 Å². The summed E-state index contributed by atoms with van der Waals surface area (Å²) in [5, 5.41) is 41.8. The summed E-state index contributed by atoms with van der Waals surface area (Å²) in [7, 11) is 0. The second-order valence-corrected chi connectivity index (χ2v) is 13.8. The average Bonchev–Trinajstić information content (AvgIpc) is 3.31.